The van der Waals surface area contributed by atoms with Crippen molar-refractivity contribution in [3.63, 3.8) is 0 Å². The Hall–Kier alpha value is -2.05. The van der Waals surface area contributed by atoms with Crippen molar-refractivity contribution in [1.82, 2.24) is 4.90 Å². The Morgan fingerprint density at radius 2 is 2.04 bits per heavy atom. The molecule has 6 nitrogen and oxygen atoms in total. The van der Waals surface area contributed by atoms with Gasteiger partial charge in [0.2, 0.25) is 0 Å². The molecule has 2 bridgehead atoms. The van der Waals surface area contributed by atoms with Gasteiger partial charge in [0, 0.05) is 18.0 Å². The van der Waals surface area contributed by atoms with E-state index in [0.717, 1.165) is 17.7 Å². The van der Waals surface area contributed by atoms with Gasteiger partial charge in [-0.05, 0) is 51.9 Å². The number of aliphatic hydroxyl groups is 1. The minimum atomic E-state index is -1.76. The lowest BCUT2D eigenvalue weighted by Crippen LogP contribution is -2.70. The van der Waals surface area contributed by atoms with Gasteiger partial charge in [-0.1, -0.05) is 12.2 Å². The van der Waals surface area contributed by atoms with E-state index in [9.17, 15) is 19.5 Å². The lowest BCUT2D eigenvalue weighted by molar-refractivity contribution is -0.160. The number of ketones is 3. The molecule has 5 aliphatic rings. The molecule has 3 aliphatic carbocycles. The standard InChI is InChI=1S/C21H23NO5/c1-11(23)19-6-5-14(25)17-20(19)8-9-22(3)15(19)10-13-4-7-21(26,12(2)24)18(27-17)16(13)20/h4-6,15,17,26H,7-10H2,1-3H3/t15-,17+,19-,20+,21?/m1/s1. The van der Waals surface area contributed by atoms with Crippen LogP contribution < -0.4 is 0 Å². The van der Waals surface area contributed by atoms with Crippen molar-refractivity contribution >= 4 is 17.3 Å². The smallest absolute Gasteiger partial charge is 0.196 e. The first-order chi connectivity index (χ1) is 12.7. The van der Waals surface area contributed by atoms with Crippen LogP contribution >= 0.6 is 0 Å². The fourth-order valence-electron chi connectivity index (χ4n) is 6.40. The first-order valence-electron chi connectivity index (χ1n) is 9.49. The van der Waals surface area contributed by atoms with Crippen LogP contribution in [0.1, 0.15) is 33.1 Å². The van der Waals surface area contributed by atoms with Gasteiger partial charge in [-0.25, -0.2) is 0 Å². The molecule has 1 saturated carbocycles. The van der Waals surface area contributed by atoms with Gasteiger partial charge >= 0.3 is 0 Å². The van der Waals surface area contributed by atoms with Gasteiger partial charge in [0.1, 0.15) is 11.5 Å². The Bertz CT molecular complexity index is 914. The molecule has 1 saturated heterocycles. The van der Waals surface area contributed by atoms with Crippen molar-refractivity contribution in [2.75, 3.05) is 13.6 Å². The molecule has 0 aromatic rings. The number of piperidine rings is 1. The van der Waals surface area contributed by atoms with Crippen LogP contribution in [0.5, 0.6) is 0 Å². The predicted molar refractivity (Wildman–Crippen MR) is 95.6 cm³/mol. The third-order valence-electron chi connectivity index (χ3n) is 7.70. The molecule has 0 aromatic heterocycles. The molecule has 1 spiro atoms. The van der Waals surface area contributed by atoms with Gasteiger partial charge in [-0.2, -0.15) is 0 Å². The fraction of sp³-hybridized carbons (Fsp3) is 0.571. The molecule has 0 amide bonds. The molecule has 0 aromatic carbocycles. The number of carbonyl (C=O) groups excluding carboxylic acids is 3. The number of Topliss-reactive ketones (excluding diaryl/α,β-unsaturated/α-hetero) is 2. The van der Waals surface area contributed by atoms with Gasteiger partial charge in [-0.15, -0.1) is 0 Å². The normalized spacial score (nSPS) is 44.6. The second-order valence-electron chi connectivity index (χ2n) is 8.63. The Morgan fingerprint density at radius 3 is 2.70 bits per heavy atom. The average molecular weight is 369 g/mol. The van der Waals surface area contributed by atoms with Crippen molar-refractivity contribution in [2.24, 2.45) is 10.8 Å². The molecule has 1 N–H and O–H groups in total. The number of rotatable bonds is 2. The van der Waals surface area contributed by atoms with E-state index in [4.69, 9.17) is 4.74 Å². The summed E-state index contributed by atoms with van der Waals surface area (Å²) < 4.78 is 6.12. The number of likely N-dealkylation sites (tertiary alicyclic amines) is 1. The monoisotopic (exact) mass is 369 g/mol. The highest BCUT2D eigenvalue weighted by Crippen LogP contribution is 2.70. The van der Waals surface area contributed by atoms with Gasteiger partial charge in [0.05, 0.1) is 10.8 Å². The van der Waals surface area contributed by atoms with E-state index in [1.54, 1.807) is 13.0 Å². The van der Waals surface area contributed by atoms with Gasteiger partial charge in [0.25, 0.3) is 0 Å². The summed E-state index contributed by atoms with van der Waals surface area (Å²) in [7, 11) is 2.02. The summed E-state index contributed by atoms with van der Waals surface area (Å²) in [6.07, 6.45) is 5.66. The summed E-state index contributed by atoms with van der Waals surface area (Å²) in [5, 5.41) is 11.1. The summed E-state index contributed by atoms with van der Waals surface area (Å²) in [6.45, 7) is 3.65. The molecule has 2 aliphatic heterocycles. The fourth-order valence-corrected chi connectivity index (χ4v) is 6.40. The van der Waals surface area contributed by atoms with E-state index >= 15 is 0 Å². The molecule has 27 heavy (non-hydrogen) atoms. The molecule has 142 valence electrons. The summed E-state index contributed by atoms with van der Waals surface area (Å²) >= 11 is 0. The van der Waals surface area contributed by atoms with Gasteiger partial charge < -0.3 is 14.7 Å². The maximum Gasteiger partial charge on any atom is 0.196 e. The number of nitrogens with zero attached hydrogens (tertiary/aromatic N) is 1. The molecule has 1 unspecified atom stereocenters. The highest BCUT2D eigenvalue weighted by molar-refractivity contribution is 6.03. The Balaban J connectivity index is 1.88. The van der Waals surface area contributed by atoms with E-state index in [0.29, 0.717) is 12.8 Å². The molecular formula is C21H23NO5. The van der Waals surface area contributed by atoms with Crippen LogP contribution in [-0.4, -0.2) is 58.7 Å². The molecule has 6 heteroatoms. The number of ether oxygens (including phenoxy) is 1. The van der Waals surface area contributed by atoms with Crippen LogP contribution in [-0.2, 0) is 19.1 Å². The average Bonchev–Trinajstić information content (AvgIpc) is 2.98. The summed E-state index contributed by atoms with van der Waals surface area (Å²) in [4.78, 5) is 40.5. The molecular weight excluding hydrogens is 346 g/mol. The van der Waals surface area contributed by atoms with E-state index in [1.165, 1.54) is 13.0 Å². The molecule has 2 heterocycles. The second kappa shape index (κ2) is 4.86. The lowest BCUT2D eigenvalue weighted by Gasteiger charge is -2.63. The Kier molecular flexibility index (Phi) is 3.07. The van der Waals surface area contributed by atoms with E-state index in [1.807, 2.05) is 13.1 Å². The summed E-state index contributed by atoms with van der Waals surface area (Å²) in [5.41, 5.74) is -1.74. The first kappa shape index (κ1) is 17.1. The molecule has 2 fully saturated rings. The minimum absolute atomic E-state index is 0.00105. The van der Waals surface area contributed by atoms with E-state index < -0.39 is 28.3 Å². The zero-order valence-electron chi connectivity index (χ0n) is 15.7. The van der Waals surface area contributed by atoms with Crippen molar-refractivity contribution in [2.45, 2.75) is 50.9 Å². The lowest BCUT2D eigenvalue weighted by atomic mass is 9.42. The third-order valence-corrected chi connectivity index (χ3v) is 7.70. The van der Waals surface area contributed by atoms with E-state index in [2.05, 4.69) is 4.90 Å². The molecule has 5 atom stereocenters. The van der Waals surface area contributed by atoms with Gasteiger partial charge in [-0.3, -0.25) is 14.4 Å². The molecule has 5 rings (SSSR count). The summed E-state index contributed by atoms with van der Waals surface area (Å²) in [5.74, 6) is -0.389. The highest BCUT2D eigenvalue weighted by Gasteiger charge is 2.75. The SMILES string of the molecule is CC(=O)C1(O)CC=C2C[C@H]3N(C)CC[C@]45C2=C1O[C@H]4C(=O)C=C[C@@]35C(C)=O. The molecule has 0 radical (unpaired) electrons. The van der Waals surface area contributed by atoms with Crippen LogP contribution in [0.25, 0.3) is 0 Å². The Labute approximate surface area is 157 Å². The number of hydrogen-bond donors (Lipinski definition) is 1. The predicted octanol–water partition coefficient (Wildman–Crippen LogP) is 1.10. The topological polar surface area (TPSA) is 83.9 Å². The van der Waals surface area contributed by atoms with Gasteiger partial charge in [0.15, 0.2) is 23.3 Å². The highest BCUT2D eigenvalue weighted by atomic mass is 16.5. The summed E-state index contributed by atoms with van der Waals surface area (Å²) in [6, 6.07) is -0.0722. The zero-order chi connectivity index (χ0) is 19.4. The first-order valence-corrected chi connectivity index (χ1v) is 9.49. The van der Waals surface area contributed by atoms with Crippen LogP contribution in [0, 0.1) is 10.8 Å². The van der Waals surface area contributed by atoms with Crippen LogP contribution in [0.15, 0.2) is 35.1 Å². The number of hydrogen-bond acceptors (Lipinski definition) is 6. The number of carbonyl (C=O) groups is 3. The van der Waals surface area contributed by atoms with Crippen LogP contribution in [0.4, 0.5) is 0 Å². The van der Waals surface area contributed by atoms with Crippen molar-refractivity contribution in [1.29, 1.82) is 0 Å². The minimum Gasteiger partial charge on any atom is -0.482 e. The van der Waals surface area contributed by atoms with Crippen LogP contribution in [0.2, 0.25) is 0 Å². The van der Waals surface area contributed by atoms with Crippen molar-refractivity contribution in [3.05, 3.63) is 35.1 Å². The zero-order valence-corrected chi connectivity index (χ0v) is 15.7. The largest absolute Gasteiger partial charge is 0.482 e. The van der Waals surface area contributed by atoms with Crippen molar-refractivity contribution in [3.8, 4) is 0 Å². The maximum absolute atomic E-state index is 13.1. The van der Waals surface area contributed by atoms with Crippen molar-refractivity contribution < 1.29 is 24.2 Å². The third kappa shape index (κ3) is 1.60. The maximum atomic E-state index is 13.1. The second-order valence-corrected chi connectivity index (χ2v) is 8.63. The Morgan fingerprint density at radius 1 is 1.30 bits per heavy atom. The van der Waals surface area contributed by atoms with Crippen LogP contribution in [0.3, 0.4) is 0 Å². The quantitative estimate of drug-likeness (QED) is 0.785. The van der Waals surface area contributed by atoms with E-state index in [-0.39, 0.29) is 29.8 Å².